The number of hydrogen-bond acceptors (Lipinski definition) is 3. The van der Waals surface area contributed by atoms with Crippen molar-refractivity contribution in [1.82, 2.24) is 0 Å². The van der Waals surface area contributed by atoms with Gasteiger partial charge in [0.05, 0.1) is 0 Å². The van der Waals surface area contributed by atoms with E-state index in [1.165, 1.54) is 0 Å². The van der Waals surface area contributed by atoms with Crippen molar-refractivity contribution in [3.05, 3.63) is 16.2 Å². The summed E-state index contributed by atoms with van der Waals surface area (Å²) in [6.07, 6.45) is 0.382. The van der Waals surface area contributed by atoms with Crippen LogP contribution in [0.25, 0.3) is 0 Å². The van der Waals surface area contributed by atoms with Crippen molar-refractivity contribution in [3.8, 4) is 0 Å². The quantitative estimate of drug-likeness (QED) is 0.406. The SMILES string of the molecule is C[C-](N)CC[N+](=O)[O-].[Y]. The topological polar surface area (TPSA) is 69.2 Å². The first-order chi connectivity index (χ1) is 3.63. The van der Waals surface area contributed by atoms with Crippen LogP contribution in [0.3, 0.4) is 0 Å². The summed E-state index contributed by atoms with van der Waals surface area (Å²) in [6.45, 7) is 1.62. The molecular weight excluding hydrogens is 197 g/mol. The Hall–Kier alpha value is 0.464. The number of hydrogen-bond donors (Lipinski definition) is 1. The first kappa shape index (κ1) is 12.2. The molecule has 1 radical (unpaired) electrons. The Kier molecular flexibility index (Phi) is 8.90. The molecule has 51 valence electrons. The maximum absolute atomic E-state index is 9.64. The molecule has 0 saturated carbocycles. The molecule has 0 fully saturated rings. The van der Waals surface area contributed by atoms with Crippen LogP contribution in [0, 0.1) is 16.2 Å². The summed E-state index contributed by atoms with van der Waals surface area (Å²) in [5.74, 6) is 0. The zero-order chi connectivity index (χ0) is 6.57. The van der Waals surface area contributed by atoms with E-state index in [4.69, 9.17) is 5.73 Å². The fourth-order valence-corrected chi connectivity index (χ4v) is 0.268. The summed E-state index contributed by atoms with van der Waals surface area (Å²) >= 11 is 0. The van der Waals surface area contributed by atoms with E-state index in [1.54, 1.807) is 6.92 Å². The standard InChI is InChI=1S/C4H9N2O2.Y/c1-4(5)2-3-6(7)8;/h2-3,5H2,1H3;/q-1;. The second-order valence-corrected chi connectivity index (χ2v) is 1.65. The van der Waals surface area contributed by atoms with Crippen molar-refractivity contribution in [3.63, 3.8) is 0 Å². The minimum atomic E-state index is -0.379. The Bertz CT molecular complexity index is 86.6. The predicted molar refractivity (Wildman–Crippen MR) is 29.6 cm³/mol. The third-order valence-corrected chi connectivity index (χ3v) is 0.689. The zero-order valence-corrected chi connectivity index (χ0v) is 8.17. The van der Waals surface area contributed by atoms with Gasteiger partial charge >= 0.3 is 0 Å². The molecule has 0 aliphatic rings. The maximum Gasteiger partial charge on any atom is 0.178 e. The van der Waals surface area contributed by atoms with Crippen molar-refractivity contribution in [1.29, 1.82) is 0 Å². The van der Waals surface area contributed by atoms with E-state index in [0.29, 0.717) is 12.5 Å². The Balaban J connectivity index is 0. The van der Waals surface area contributed by atoms with Gasteiger partial charge in [0.2, 0.25) is 0 Å². The van der Waals surface area contributed by atoms with Gasteiger partial charge in [-0.1, -0.05) is 6.42 Å². The van der Waals surface area contributed by atoms with Gasteiger partial charge in [-0.25, -0.2) is 0 Å². The Labute approximate surface area is 79.2 Å². The molecule has 0 aromatic carbocycles. The van der Waals surface area contributed by atoms with E-state index in [1.807, 2.05) is 0 Å². The van der Waals surface area contributed by atoms with Gasteiger partial charge in [-0.2, -0.15) is 6.92 Å². The summed E-state index contributed by atoms with van der Waals surface area (Å²) in [4.78, 5) is 9.26. The van der Waals surface area contributed by atoms with Gasteiger partial charge in [0.15, 0.2) is 6.54 Å². The summed E-state index contributed by atoms with van der Waals surface area (Å²) in [5, 5.41) is 9.64. The maximum atomic E-state index is 9.64. The largest absolute Gasteiger partial charge is 0.480 e. The van der Waals surface area contributed by atoms with Crippen molar-refractivity contribution < 1.29 is 37.6 Å². The van der Waals surface area contributed by atoms with Gasteiger partial charge < -0.3 is 5.73 Å². The van der Waals surface area contributed by atoms with Gasteiger partial charge in [-0.15, -0.1) is 0 Å². The summed E-state index contributed by atoms with van der Waals surface area (Å²) < 4.78 is 0. The molecule has 5 heteroatoms. The third-order valence-electron chi connectivity index (χ3n) is 0.689. The summed E-state index contributed by atoms with van der Waals surface area (Å²) in [6, 6.07) is 0.613. The first-order valence-electron chi connectivity index (χ1n) is 2.32. The van der Waals surface area contributed by atoms with Crippen molar-refractivity contribution in [2.24, 2.45) is 5.73 Å². The van der Waals surface area contributed by atoms with Crippen molar-refractivity contribution in [2.45, 2.75) is 13.3 Å². The molecular formula is C4H9N2O2Y-. The second kappa shape index (κ2) is 6.58. The monoisotopic (exact) mass is 206 g/mol. The Morgan fingerprint density at radius 3 is 2.33 bits per heavy atom. The van der Waals surface area contributed by atoms with Gasteiger partial charge in [-0.05, 0) is 0 Å². The van der Waals surface area contributed by atoms with Gasteiger partial charge in [0, 0.05) is 37.6 Å². The van der Waals surface area contributed by atoms with Crippen LogP contribution in [0.2, 0.25) is 0 Å². The van der Waals surface area contributed by atoms with Crippen LogP contribution in [0.4, 0.5) is 0 Å². The van der Waals surface area contributed by atoms with Crippen LogP contribution >= 0.6 is 0 Å². The molecule has 0 aromatic heterocycles. The average molecular weight is 206 g/mol. The summed E-state index contributed by atoms with van der Waals surface area (Å²) in [5.41, 5.74) is 5.15. The normalized spacial score (nSPS) is 8.78. The molecule has 0 unspecified atom stereocenters. The van der Waals surface area contributed by atoms with E-state index < -0.39 is 0 Å². The third kappa shape index (κ3) is 11.8. The van der Waals surface area contributed by atoms with Crippen LogP contribution in [0.1, 0.15) is 13.3 Å². The minimum absolute atomic E-state index is 0. The Morgan fingerprint density at radius 2 is 2.22 bits per heavy atom. The van der Waals surface area contributed by atoms with E-state index in [2.05, 4.69) is 0 Å². The van der Waals surface area contributed by atoms with Crippen molar-refractivity contribution in [2.75, 3.05) is 6.54 Å². The van der Waals surface area contributed by atoms with Crippen LogP contribution in [-0.2, 0) is 32.7 Å². The number of nitrogens with zero attached hydrogens (tertiary/aromatic N) is 1. The molecule has 0 saturated heterocycles. The molecule has 0 bridgehead atoms. The van der Waals surface area contributed by atoms with Crippen molar-refractivity contribution >= 4 is 0 Å². The molecule has 0 aromatic rings. The fourth-order valence-electron chi connectivity index (χ4n) is 0.268. The number of rotatable bonds is 3. The molecule has 9 heavy (non-hydrogen) atoms. The molecule has 0 heterocycles. The second-order valence-electron chi connectivity index (χ2n) is 1.65. The van der Waals surface area contributed by atoms with Crippen LogP contribution < -0.4 is 5.73 Å². The summed E-state index contributed by atoms with van der Waals surface area (Å²) in [7, 11) is 0. The van der Waals surface area contributed by atoms with Crippen LogP contribution in [0.15, 0.2) is 0 Å². The number of nitro groups is 1. The van der Waals surface area contributed by atoms with Gasteiger partial charge in [-0.3, -0.25) is 16.2 Å². The number of nitrogens with two attached hydrogens (primary N) is 1. The fraction of sp³-hybridized carbons (Fsp3) is 0.750. The van der Waals surface area contributed by atoms with E-state index >= 15 is 0 Å². The first-order valence-corrected chi connectivity index (χ1v) is 2.32. The molecule has 0 spiro atoms. The molecule has 0 aliphatic heterocycles. The minimum Gasteiger partial charge on any atom is -0.480 e. The molecule has 4 nitrogen and oxygen atoms in total. The molecule has 0 rings (SSSR count). The molecule has 0 atom stereocenters. The zero-order valence-electron chi connectivity index (χ0n) is 5.33. The van der Waals surface area contributed by atoms with Crippen LogP contribution in [0.5, 0.6) is 0 Å². The van der Waals surface area contributed by atoms with Gasteiger partial charge in [0.25, 0.3) is 0 Å². The van der Waals surface area contributed by atoms with Crippen LogP contribution in [-0.4, -0.2) is 11.5 Å². The van der Waals surface area contributed by atoms with E-state index in [0.717, 1.165) is 0 Å². The van der Waals surface area contributed by atoms with E-state index in [-0.39, 0.29) is 44.2 Å². The average Bonchev–Trinajstić information content (AvgIpc) is 1.61. The smallest absolute Gasteiger partial charge is 0.178 e. The molecule has 0 amide bonds. The van der Waals surface area contributed by atoms with Gasteiger partial charge in [0.1, 0.15) is 0 Å². The molecule has 0 aliphatic carbocycles. The predicted octanol–water partition coefficient (Wildman–Crippen LogP) is 0.161. The Morgan fingerprint density at radius 1 is 1.78 bits per heavy atom. The molecule has 2 N–H and O–H groups in total. The van der Waals surface area contributed by atoms with E-state index in [9.17, 15) is 10.1 Å².